The van der Waals surface area contributed by atoms with Gasteiger partial charge in [0.25, 0.3) is 5.91 Å². The molecule has 0 radical (unpaired) electrons. The summed E-state index contributed by atoms with van der Waals surface area (Å²) in [6.45, 7) is 9.97. The highest BCUT2D eigenvalue weighted by molar-refractivity contribution is 7.20. The van der Waals surface area contributed by atoms with Gasteiger partial charge in [0.15, 0.2) is 0 Å². The Hall–Kier alpha value is -1.40. The average molecular weight is 322 g/mol. The number of rotatable bonds is 6. The van der Waals surface area contributed by atoms with Crippen LogP contribution in [0.4, 0.5) is 0 Å². The number of amides is 1. The first-order chi connectivity index (χ1) is 10.3. The minimum Gasteiger partial charge on any atom is -0.350 e. The lowest BCUT2D eigenvalue weighted by atomic mass is 10.2. The van der Waals surface area contributed by atoms with Crippen LogP contribution in [0.25, 0.3) is 10.2 Å². The van der Waals surface area contributed by atoms with E-state index >= 15 is 0 Å². The summed E-state index contributed by atoms with van der Waals surface area (Å²) in [7, 11) is 4.03. The van der Waals surface area contributed by atoms with E-state index in [0.29, 0.717) is 18.5 Å². The quantitative estimate of drug-likeness (QED) is 0.889. The first-order valence-corrected chi connectivity index (χ1v) is 8.52. The van der Waals surface area contributed by atoms with Crippen LogP contribution in [-0.2, 0) is 6.54 Å². The van der Waals surface area contributed by atoms with Gasteiger partial charge in [0, 0.05) is 24.5 Å². The summed E-state index contributed by atoms with van der Waals surface area (Å²) in [5.41, 5.74) is 0.993. The van der Waals surface area contributed by atoms with Crippen LogP contribution < -0.4 is 5.32 Å². The van der Waals surface area contributed by atoms with Gasteiger partial charge in [0.05, 0.1) is 10.6 Å². The molecule has 0 unspecified atom stereocenters. The molecule has 22 heavy (non-hydrogen) atoms. The zero-order valence-corrected chi connectivity index (χ0v) is 15.1. The molecule has 0 fully saturated rings. The summed E-state index contributed by atoms with van der Waals surface area (Å²) >= 11 is 1.53. The maximum Gasteiger partial charge on any atom is 0.261 e. The van der Waals surface area contributed by atoms with E-state index in [0.717, 1.165) is 27.3 Å². The number of hydrogen-bond acceptors (Lipinski definition) is 4. The summed E-state index contributed by atoms with van der Waals surface area (Å²) in [5, 5.41) is 8.68. The van der Waals surface area contributed by atoms with Gasteiger partial charge in [-0.05, 0) is 39.9 Å². The molecule has 2 rings (SSSR count). The number of nitrogens with zero attached hydrogens (tertiary/aromatic N) is 3. The van der Waals surface area contributed by atoms with E-state index in [1.54, 1.807) is 0 Å². The third-order valence-corrected chi connectivity index (χ3v) is 4.96. The molecule has 5 nitrogen and oxygen atoms in total. The first kappa shape index (κ1) is 17.0. The van der Waals surface area contributed by atoms with Crippen LogP contribution in [0, 0.1) is 12.8 Å². The van der Waals surface area contributed by atoms with Crippen LogP contribution in [0.5, 0.6) is 0 Å². The Morgan fingerprint density at radius 3 is 2.68 bits per heavy atom. The summed E-state index contributed by atoms with van der Waals surface area (Å²) in [5.74, 6) is 0.535. The van der Waals surface area contributed by atoms with Crippen LogP contribution in [0.15, 0.2) is 6.07 Å². The van der Waals surface area contributed by atoms with Crippen molar-refractivity contribution >= 4 is 27.5 Å². The van der Waals surface area contributed by atoms with E-state index in [1.165, 1.54) is 11.3 Å². The third-order valence-electron chi connectivity index (χ3n) is 3.81. The van der Waals surface area contributed by atoms with Crippen LogP contribution in [0.2, 0.25) is 0 Å². The molecule has 0 spiro atoms. The van der Waals surface area contributed by atoms with Crippen molar-refractivity contribution < 1.29 is 4.79 Å². The number of likely N-dealkylation sites (N-methyl/N-ethyl adjacent to an activating group) is 1. The van der Waals surface area contributed by atoms with E-state index < -0.39 is 0 Å². The number of thiophene rings is 1. The Kier molecular flexibility index (Phi) is 5.24. The minimum absolute atomic E-state index is 0.00500. The monoisotopic (exact) mass is 322 g/mol. The number of carbonyl (C=O) groups is 1. The van der Waals surface area contributed by atoms with Crippen molar-refractivity contribution in [1.29, 1.82) is 0 Å². The molecule has 1 amide bonds. The van der Waals surface area contributed by atoms with Crippen LogP contribution >= 0.6 is 11.3 Å². The van der Waals surface area contributed by atoms with Crippen LogP contribution in [-0.4, -0.2) is 47.3 Å². The molecule has 2 aromatic rings. The molecule has 0 aliphatic carbocycles. The fraction of sp³-hybridized carbons (Fsp3) is 0.625. The van der Waals surface area contributed by atoms with E-state index in [9.17, 15) is 4.79 Å². The Morgan fingerprint density at radius 2 is 2.09 bits per heavy atom. The fourth-order valence-electron chi connectivity index (χ4n) is 2.20. The lowest BCUT2D eigenvalue weighted by Gasteiger charge is -2.19. The van der Waals surface area contributed by atoms with Crippen molar-refractivity contribution in [3.8, 4) is 0 Å². The molecule has 0 aromatic carbocycles. The highest BCUT2D eigenvalue weighted by Crippen LogP contribution is 2.28. The molecule has 122 valence electrons. The van der Waals surface area contributed by atoms with Gasteiger partial charge in [-0.15, -0.1) is 11.3 Å². The van der Waals surface area contributed by atoms with Gasteiger partial charge in [0.1, 0.15) is 4.83 Å². The highest BCUT2D eigenvalue weighted by Gasteiger charge is 2.17. The summed E-state index contributed by atoms with van der Waals surface area (Å²) in [6, 6.07) is 2.28. The highest BCUT2D eigenvalue weighted by atomic mass is 32.1. The lowest BCUT2D eigenvalue weighted by molar-refractivity contribution is 0.0948. The number of carbonyl (C=O) groups excluding carboxylic acids is 1. The predicted molar refractivity (Wildman–Crippen MR) is 92.7 cm³/mol. The van der Waals surface area contributed by atoms with E-state index in [1.807, 2.05) is 31.8 Å². The number of aryl methyl sites for hydroxylation is 1. The van der Waals surface area contributed by atoms with Crippen molar-refractivity contribution in [2.45, 2.75) is 40.3 Å². The number of hydrogen-bond donors (Lipinski definition) is 1. The molecular formula is C16H26N4OS. The molecule has 0 aliphatic heterocycles. The van der Waals surface area contributed by atoms with Crippen molar-refractivity contribution in [2.24, 2.45) is 5.92 Å². The van der Waals surface area contributed by atoms with Crippen molar-refractivity contribution in [2.75, 3.05) is 20.6 Å². The predicted octanol–water partition coefficient (Wildman–Crippen LogP) is 2.74. The van der Waals surface area contributed by atoms with Crippen LogP contribution in [0.1, 0.15) is 36.1 Å². The SMILES string of the molecule is Cc1nn(CC(C)C)c2sc(C(=O)NC[C@H](C)N(C)C)cc12. The minimum atomic E-state index is 0.00500. The largest absolute Gasteiger partial charge is 0.350 e. The molecule has 0 aliphatic rings. The fourth-order valence-corrected chi connectivity index (χ4v) is 3.29. The Labute approximate surface area is 136 Å². The number of aromatic nitrogens is 2. The standard InChI is InChI=1S/C16H26N4OS/c1-10(2)9-20-16-13(12(4)18-20)7-14(22-16)15(21)17-8-11(3)19(5)6/h7,10-11H,8-9H2,1-6H3,(H,17,21)/t11-/m0/s1. The maximum absolute atomic E-state index is 12.3. The summed E-state index contributed by atoms with van der Waals surface area (Å²) in [4.78, 5) is 16.3. The van der Waals surface area contributed by atoms with Crippen molar-refractivity contribution in [3.63, 3.8) is 0 Å². The van der Waals surface area contributed by atoms with Gasteiger partial charge in [-0.2, -0.15) is 5.10 Å². The second-order valence-electron chi connectivity index (χ2n) is 6.51. The molecule has 0 saturated carbocycles. The van der Waals surface area contributed by atoms with E-state index in [-0.39, 0.29) is 5.91 Å². The van der Waals surface area contributed by atoms with E-state index in [2.05, 4.69) is 36.1 Å². The van der Waals surface area contributed by atoms with E-state index in [4.69, 9.17) is 0 Å². The van der Waals surface area contributed by atoms with Crippen molar-refractivity contribution in [1.82, 2.24) is 20.0 Å². The number of fused-ring (bicyclic) bond motifs is 1. The van der Waals surface area contributed by atoms with Gasteiger partial charge >= 0.3 is 0 Å². The zero-order chi connectivity index (χ0) is 16.4. The second kappa shape index (κ2) is 6.79. The molecule has 6 heteroatoms. The van der Waals surface area contributed by atoms with Gasteiger partial charge in [-0.1, -0.05) is 13.8 Å². The van der Waals surface area contributed by atoms with Crippen molar-refractivity contribution in [3.05, 3.63) is 16.6 Å². The smallest absolute Gasteiger partial charge is 0.261 e. The molecule has 1 N–H and O–H groups in total. The van der Waals surface area contributed by atoms with Gasteiger partial charge in [0.2, 0.25) is 0 Å². The second-order valence-corrected chi connectivity index (χ2v) is 7.54. The Morgan fingerprint density at radius 1 is 1.41 bits per heavy atom. The molecule has 1 atom stereocenters. The first-order valence-electron chi connectivity index (χ1n) is 7.71. The topological polar surface area (TPSA) is 50.2 Å². The van der Waals surface area contributed by atoms with Crippen LogP contribution in [0.3, 0.4) is 0 Å². The molecule has 0 bridgehead atoms. The molecule has 2 aromatic heterocycles. The normalized spacial score (nSPS) is 13.3. The Balaban J connectivity index is 2.17. The molecule has 0 saturated heterocycles. The van der Waals surface area contributed by atoms with Gasteiger partial charge in [-0.3, -0.25) is 9.48 Å². The lowest BCUT2D eigenvalue weighted by Crippen LogP contribution is -2.37. The number of nitrogens with one attached hydrogen (secondary N) is 1. The summed E-state index contributed by atoms with van der Waals surface area (Å²) < 4.78 is 2.03. The third kappa shape index (κ3) is 3.67. The molecule has 2 heterocycles. The average Bonchev–Trinajstić information content (AvgIpc) is 2.97. The zero-order valence-electron chi connectivity index (χ0n) is 14.3. The summed E-state index contributed by atoms with van der Waals surface area (Å²) in [6.07, 6.45) is 0. The van der Waals surface area contributed by atoms with Gasteiger partial charge in [-0.25, -0.2) is 0 Å². The maximum atomic E-state index is 12.3. The van der Waals surface area contributed by atoms with Gasteiger partial charge < -0.3 is 10.2 Å². The molecular weight excluding hydrogens is 296 g/mol. The Bertz CT molecular complexity index is 656.